The van der Waals surface area contributed by atoms with E-state index in [1.54, 1.807) is 0 Å². The van der Waals surface area contributed by atoms with E-state index in [-0.39, 0.29) is 35.6 Å². The zero-order valence-corrected chi connectivity index (χ0v) is 18.4. The Bertz CT molecular complexity index is 375. The molecule has 154 valence electrons. The van der Waals surface area contributed by atoms with Crippen LogP contribution in [0.2, 0.25) is 0 Å². The zero-order chi connectivity index (χ0) is 20.4. The molecule has 0 rings (SSSR count). The lowest BCUT2D eigenvalue weighted by atomic mass is 9.84. The van der Waals surface area contributed by atoms with E-state index in [2.05, 4.69) is 55.4 Å². The van der Waals surface area contributed by atoms with Crippen LogP contribution >= 0.6 is 0 Å². The summed E-state index contributed by atoms with van der Waals surface area (Å²) in [4.78, 5) is 23.4. The minimum Gasteiger partial charge on any atom is -0.466 e. The van der Waals surface area contributed by atoms with Gasteiger partial charge in [0.15, 0.2) is 0 Å². The first-order valence-electron chi connectivity index (χ1n) is 10.1. The maximum absolute atomic E-state index is 11.7. The van der Waals surface area contributed by atoms with Gasteiger partial charge in [0.25, 0.3) is 0 Å². The van der Waals surface area contributed by atoms with Crippen molar-refractivity contribution in [1.29, 1.82) is 0 Å². The Morgan fingerprint density at radius 3 is 1.27 bits per heavy atom. The second-order valence-corrected chi connectivity index (χ2v) is 10.3. The Hall–Kier alpha value is -1.06. The van der Waals surface area contributed by atoms with Crippen LogP contribution in [0.3, 0.4) is 0 Å². The second kappa shape index (κ2) is 11.6. The number of esters is 2. The van der Waals surface area contributed by atoms with Gasteiger partial charge in [-0.15, -0.1) is 0 Å². The number of carbonyl (C=O) groups excluding carboxylic acids is 2. The predicted molar refractivity (Wildman–Crippen MR) is 107 cm³/mol. The highest BCUT2D eigenvalue weighted by atomic mass is 16.5. The molecule has 2 unspecified atom stereocenters. The van der Waals surface area contributed by atoms with Crippen molar-refractivity contribution in [3.05, 3.63) is 0 Å². The van der Waals surface area contributed by atoms with Gasteiger partial charge in [0, 0.05) is 0 Å². The van der Waals surface area contributed by atoms with Gasteiger partial charge < -0.3 is 9.47 Å². The Morgan fingerprint density at radius 2 is 1.00 bits per heavy atom. The molecule has 0 fully saturated rings. The average molecular weight is 371 g/mol. The van der Waals surface area contributed by atoms with Crippen molar-refractivity contribution in [3.63, 3.8) is 0 Å². The summed E-state index contributed by atoms with van der Waals surface area (Å²) >= 11 is 0. The first-order chi connectivity index (χ1) is 11.8. The minimum atomic E-state index is -0.314. The van der Waals surface area contributed by atoms with Gasteiger partial charge in [0.05, 0.1) is 26.1 Å². The lowest BCUT2D eigenvalue weighted by molar-refractivity contribution is -0.150. The van der Waals surface area contributed by atoms with Crippen LogP contribution in [0.25, 0.3) is 0 Å². The van der Waals surface area contributed by atoms with Gasteiger partial charge in [-0.2, -0.15) is 0 Å². The van der Waals surface area contributed by atoms with Crippen molar-refractivity contribution in [1.82, 2.24) is 0 Å². The van der Waals surface area contributed by atoms with Gasteiger partial charge >= 0.3 is 11.9 Å². The van der Waals surface area contributed by atoms with E-state index < -0.39 is 0 Å². The first kappa shape index (κ1) is 24.9. The van der Waals surface area contributed by atoms with Crippen LogP contribution in [0, 0.1) is 22.7 Å². The van der Waals surface area contributed by atoms with Gasteiger partial charge in [-0.3, -0.25) is 9.59 Å². The number of rotatable bonds is 11. The summed E-state index contributed by atoms with van der Waals surface area (Å²) in [6, 6.07) is 0. The van der Waals surface area contributed by atoms with Crippen molar-refractivity contribution in [2.45, 2.75) is 93.9 Å². The molecule has 0 heterocycles. The third-order valence-corrected chi connectivity index (χ3v) is 4.20. The molecule has 2 atom stereocenters. The topological polar surface area (TPSA) is 52.6 Å². The monoisotopic (exact) mass is 370 g/mol. The molecule has 4 heteroatoms. The molecule has 0 aromatic heterocycles. The maximum atomic E-state index is 11.7. The molecule has 0 N–H and O–H groups in total. The molecule has 0 aliphatic heterocycles. The van der Waals surface area contributed by atoms with Crippen molar-refractivity contribution < 1.29 is 19.1 Å². The van der Waals surface area contributed by atoms with E-state index in [0.717, 1.165) is 25.7 Å². The van der Waals surface area contributed by atoms with E-state index in [9.17, 15) is 9.59 Å². The SMILES string of the molecule is CC(CCOC(=O)CCC(=O)OCCC(C)CC(C)(C)C)CC(C)(C)C. The molecule has 0 aliphatic carbocycles. The third-order valence-electron chi connectivity index (χ3n) is 4.20. The Kier molecular flexibility index (Phi) is 11.1. The summed E-state index contributed by atoms with van der Waals surface area (Å²) in [7, 11) is 0. The standard InChI is InChI=1S/C22H42O4/c1-17(15-21(3,4)5)11-13-25-19(23)9-10-20(24)26-14-12-18(2)16-22(6,7)8/h17-18H,9-16H2,1-8H3. The molecule has 0 radical (unpaired) electrons. The molecular weight excluding hydrogens is 328 g/mol. The Balaban J connectivity index is 3.78. The number of hydrogen-bond donors (Lipinski definition) is 0. The summed E-state index contributed by atoms with van der Waals surface area (Å²) in [5, 5.41) is 0. The predicted octanol–water partition coefficient (Wildman–Crippen LogP) is 5.78. The Labute approximate surface area is 161 Å². The zero-order valence-electron chi connectivity index (χ0n) is 18.4. The number of carbonyl (C=O) groups is 2. The summed E-state index contributed by atoms with van der Waals surface area (Å²) < 4.78 is 10.5. The van der Waals surface area contributed by atoms with E-state index in [4.69, 9.17) is 9.47 Å². The molecule has 0 amide bonds. The van der Waals surface area contributed by atoms with E-state index >= 15 is 0 Å². The van der Waals surface area contributed by atoms with Crippen molar-refractivity contribution in [3.8, 4) is 0 Å². The van der Waals surface area contributed by atoms with E-state index in [0.29, 0.717) is 25.0 Å². The van der Waals surface area contributed by atoms with Crippen LogP contribution in [-0.2, 0) is 19.1 Å². The highest BCUT2D eigenvalue weighted by Crippen LogP contribution is 2.26. The summed E-state index contributed by atoms with van der Waals surface area (Å²) in [5.41, 5.74) is 0.578. The maximum Gasteiger partial charge on any atom is 0.306 e. The van der Waals surface area contributed by atoms with Crippen LogP contribution in [0.15, 0.2) is 0 Å². The largest absolute Gasteiger partial charge is 0.466 e. The summed E-state index contributed by atoms with van der Waals surface area (Å²) in [6.07, 6.45) is 4.13. The smallest absolute Gasteiger partial charge is 0.306 e. The number of ether oxygens (including phenoxy) is 2. The molecule has 0 spiro atoms. The molecule has 0 aliphatic rings. The van der Waals surface area contributed by atoms with E-state index in [1.165, 1.54) is 0 Å². The van der Waals surface area contributed by atoms with Gasteiger partial charge in [0.2, 0.25) is 0 Å². The quantitative estimate of drug-likeness (QED) is 0.433. The molecule has 0 saturated carbocycles. The fourth-order valence-electron chi connectivity index (χ4n) is 3.39. The van der Waals surface area contributed by atoms with Crippen LogP contribution in [0.5, 0.6) is 0 Å². The summed E-state index contributed by atoms with van der Waals surface area (Å²) in [5.74, 6) is 0.405. The van der Waals surface area contributed by atoms with Gasteiger partial charge in [0.1, 0.15) is 0 Å². The second-order valence-electron chi connectivity index (χ2n) is 10.3. The fourth-order valence-corrected chi connectivity index (χ4v) is 3.39. The molecule has 0 saturated heterocycles. The van der Waals surface area contributed by atoms with Gasteiger partial charge in [-0.1, -0.05) is 55.4 Å². The van der Waals surface area contributed by atoms with Crippen molar-refractivity contribution in [2.75, 3.05) is 13.2 Å². The molecular formula is C22H42O4. The lowest BCUT2D eigenvalue weighted by Gasteiger charge is -2.23. The molecule has 0 aromatic rings. The molecule has 4 nitrogen and oxygen atoms in total. The van der Waals surface area contributed by atoms with Gasteiger partial charge in [-0.05, 0) is 48.3 Å². The van der Waals surface area contributed by atoms with Crippen LogP contribution in [0.1, 0.15) is 93.9 Å². The van der Waals surface area contributed by atoms with Crippen molar-refractivity contribution in [2.24, 2.45) is 22.7 Å². The molecule has 26 heavy (non-hydrogen) atoms. The normalized spacial score (nSPS) is 14.6. The summed E-state index contributed by atoms with van der Waals surface area (Å²) in [6.45, 7) is 18.5. The van der Waals surface area contributed by atoms with Gasteiger partial charge in [-0.25, -0.2) is 0 Å². The molecule has 0 aromatic carbocycles. The molecule has 0 bridgehead atoms. The highest BCUT2D eigenvalue weighted by molar-refractivity contribution is 5.77. The number of hydrogen-bond acceptors (Lipinski definition) is 4. The first-order valence-corrected chi connectivity index (χ1v) is 10.1. The van der Waals surface area contributed by atoms with Crippen LogP contribution in [-0.4, -0.2) is 25.2 Å². The van der Waals surface area contributed by atoms with Crippen molar-refractivity contribution >= 4 is 11.9 Å². The fraction of sp³-hybridized carbons (Fsp3) is 0.909. The van der Waals surface area contributed by atoms with Crippen LogP contribution < -0.4 is 0 Å². The Morgan fingerprint density at radius 1 is 0.692 bits per heavy atom. The minimum absolute atomic E-state index is 0.101. The van der Waals surface area contributed by atoms with Crippen LogP contribution in [0.4, 0.5) is 0 Å². The highest BCUT2D eigenvalue weighted by Gasteiger charge is 2.17. The lowest BCUT2D eigenvalue weighted by Crippen LogP contribution is -2.16. The van der Waals surface area contributed by atoms with E-state index in [1.807, 2.05) is 0 Å². The third kappa shape index (κ3) is 16.4. The average Bonchev–Trinajstić information content (AvgIpc) is 2.41.